The van der Waals surface area contributed by atoms with Gasteiger partial charge in [-0.15, -0.1) is 0 Å². The number of rotatable bonds is 5. The van der Waals surface area contributed by atoms with E-state index in [1.165, 1.54) is 0 Å². The average Bonchev–Trinajstić information content (AvgIpc) is 2.52. The SMILES string of the molecule is CCNCC(C)(C)OC1CCOC1. The molecule has 13 heavy (non-hydrogen) atoms. The van der Waals surface area contributed by atoms with E-state index in [0.717, 1.165) is 32.7 Å². The first-order chi connectivity index (χ1) is 6.14. The molecule has 0 saturated carbocycles. The van der Waals surface area contributed by atoms with Crippen LogP contribution < -0.4 is 5.32 Å². The van der Waals surface area contributed by atoms with Crippen LogP contribution in [0.3, 0.4) is 0 Å². The van der Waals surface area contributed by atoms with Gasteiger partial charge in [0.15, 0.2) is 0 Å². The Morgan fingerprint density at radius 3 is 2.85 bits per heavy atom. The van der Waals surface area contributed by atoms with E-state index < -0.39 is 0 Å². The molecule has 1 N–H and O–H groups in total. The Morgan fingerprint density at radius 2 is 2.31 bits per heavy atom. The molecule has 0 spiro atoms. The van der Waals surface area contributed by atoms with Crippen molar-refractivity contribution in [1.29, 1.82) is 0 Å². The molecule has 1 aliphatic heterocycles. The van der Waals surface area contributed by atoms with E-state index in [-0.39, 0.29) is 5.60 Å². The second kappa shape index (κ2) is 4.94. The Morgan fingerprint density at radius 1 is 1.54 bits per heavy atom. The molecule has 0 aromatic carbocycles. The van der Waals surface area contributed by atoms with Gasteiger partial charge in [-0.25, -0.2) is 0 Å². The second-order valence-corrected chi connectivity index (χ2v) is 4.14. The third-order valence-corrected chi connectivity index (χ3v) is 2.17. The maximum Gasteiger partial charge on any atom is 0.0838 e. The minimum Gasteiger partial charge on any atom is -0.379 e. The highest BCUT2D eigenvalue weighted by atomic mass is 16.6. The fourth-order valence-corrected chi connectivity index (χ4v) is 1.52. The van der Waals surface area contributed by atoms with E-state index in [1.54, 1.807) is 0 Å². The van der Waals surface area contributed by atoms with Crippen LogP contribution in [0.15, 0.2) is 0 Å². The third-order valence-electron chi connectivity index (χ3n) is 2.17. The monoisotopic (exact) mass is 187 g/mol. The normalized spacial score (nSPS) is 23.8. The number of hydrogen-bond acceptors (Lipinski definition) is 3. The summed E-state index contributed by atoms with van der Waals surface area (Å²) in [5.74, 6) is 0. The lowest BCUT2D eigenvalue weighted by Gasteiger charge is -2.28. The van der Waals surface area contributed by atoms with Gasteiger partial charge in [0.25, 0.3) is 0 Å². The first-order valence-corrected chi connectivity index (χ1v) is 5.10. The van der Waals surface area contributed by atoms with Gasteiger partial charge < -0.3 is 14.8 Å². The molecule has 0 amide bonds. The Bertz CT molecular complexity index is 142. The first kappa shape index (κ1) is 11.0. The van der Waals surface area contributed by atoms with Crippen LogP contribution >= 0.6 is 0 Å². The van der Waals surface area contributed by atoms with Crippen molar-refractivity contribution in [2.75, 3.05) is 26.3 Å². The molecule has 0 radical (unpaired) electrons. The largest absolute Gasteiger partial charge is 0.379 e. The molecular weight excluding hydrogens is 166 g/mol. The van der Waals surface area contributed by atoms with Crippen molar-refractivity contribution >= 4 is 0 Å². The quantitative estimate of drug-likeness (QED) is 0.701. The molecule has 0 aliphatic carbocycles. The Labute approximate surface area is 80.8 Å². The molecule has 0 aromatic heterocycles. The van der Waals surface area contributed by atoms with Crippen LogP contribution in [0.1, 0.15) is 27.2 Å². The fraction of sp³-hybridized carbons (Fsp3) is 1.00. The van der Waals surface area contributed by atoms with Crippen molar-refractivity contribution in [1.82, 2.24) is 5.32 Å². The molecule has 1 fully saturated rings. The maximum absolute atomic E-state index is 5.91. The standard InChI is InChI=1S/C10H21NO2/c1-4-11-8-10(2,3)13-9-5-6-12-7-9/h9,11H,4-8H2,1-3H3. The van der Waals surface area contributed by atoms with Gasteiger partial charge in [0.2, 0.25) is 0 Å². The van der Waals surface area contributed by atoms with Gasteiger partial charge in [-0.3, -0.25) is 0 Å². The van der Waals surface area contributed by atoms with Crippen LogP contribution in [0.4, 0.5) is 0 Å². The maximum atomic E-state index is 5.91. The molecule has 1 unspecified atom stereocenters. The molecule has 0 bridgehead atoms. The molecule has 1 heterocycles. The van der Waals surface area contributed by atoms with Gasteiger partial charge >= 0.3 is 0 Å². The summed E-state index contributed by atoms with van der Waals surface area (Å²) in [7, 11) is 0. The molecular formula is C10H21NO2. The summed E-state index contributed by atoms with van der Waals surface area (Å²) in [6.45, 7) is 9.85. The predicted octanol–water partition coefficient (Wildman–Crippen LogP) is 1.18. The van der Waals surface area contributed by atoms with E-state index in [1.807, 2.05) is 0 Å². The van der Waals surface area contributed by atoms with Crippen LogP contribution in [-0.2, 0) is 9.47 Å². The van der Waals surface area contributed by atoms with Crippen molar-refractivity contribution < 1.29 is 9.47 Å². The Kier molecular flexibility index (Phi) is 4.16. The van der Waals surface area contributed by atoms with Gasteiger partial charge in [-0.2, -0.15) is 0 Å². The molecule has 1 atom stereocenters. The van der Waals surface area contributed by atoms with Crippen molar-refractivity contribution in [3.05, 3.63) is 0 Å². The van der Waals surface area contributed by atoms with Crippen LogP contribution in [0.25, 0.3) is 0 Å². The number of likely N-dealkylation sites (N-methyl/N-ethyl adjacent to an activating group) is 1. The third kappa shape index (κ3) is 4.07. The second-order valence-electron chi connectivity index (χ2n) is 4.14. The summed E-state index contributed by atoms with van der Waals surface area (Å²) in [4.78, 5) is 0. The smallest absolute Gasteiger partial charge is 0.0838 e. The summed E-state index contributed by atoms with van der Waals surface area (Å²) < 4.78 is 11.2. The van der Waals surface area contributed by atoms with Crippen LogP contribution in [0, 0.1) is 0 Å². The number of ether oxygens (including phenoxy) is 2. The summed E-state index contributed by atoms with van der Waals surface area (Å²) in [6, 6.07) is 0. The highest BCUT2D eigenvalue weighted by molar-refractivity contribution is 4.76. The lowest BCUT2D eigenvalue weighted by atomic mass is 10.1. The van der Waals surface area contributed by atoms with Gasteiger partial charge in [-0.1, -0.05) is 6.92 Å². The van der Waals surface area contributed by atoms with Gasteiger partial charge in [0.1, 0.15) is 0 Å². The highest BCUT2D eigenvalue weighted by Crippen LogP contribution is 2.17. The molecule has 1 saturated heterocycles. The topological polar surface area (TPSA) is 30.5 Å². The van der Waals surface area contributed by atoms with Gasteiger partial charge in [-0.05, 0) is 26.8 Å². The molecule has 1 rings (SSSR count). The fourth-order valence-electron chi connectivity index (χ4n) is 1.52. The van der Waals surface area contributed by atoms with E-state index >= 15 is 0 Å². The van der Waals surface area contributed by atoms with E-state index in [0.29, 0.717) is 6.10 Å². The Hall–Kier alpha value is -0.120. The van der Waals surface area contributed by atoms with E-state index in [2.05, 4.69) is 26.1 Å². The number of nitrogens with one attached hydrogen (secondary N) is 1. The summed E-state index contributed by atoms with van der Waals surface area (Å²) in [6.07, 6.45) is 1.34. The number of hydrogen-bond donors (Lipinski definition) is 1. The first-order valence-electron chi connectivity index (χ1n) is 5.10. The summed E-state index contributed by atoms with van der Waals surface area (Å²) in [5.41, 5.74) is -0.0750. The molecule has 3 nitrogen and oxygen atoms in total. The minimum absolute atomic E-state index is 0.0750. The minimum atomic E-state index is -0.0750. The van der Waals surface area contributed by atoms with Crippen molar-refractivity contribution in [3.8, 4) is 0 Å². The van der Waals surface area contributed by atoms with E-state index in [9.17, 15) is 0 Å². The van der Waals surface area contributed by atoms with Crippen LogP contribution in [0.2, 0.25) is 0 Å². The predicted molar refractivity (Wildman–Crippen MR) is 52.9 cm³/mol. The highest BCUT2D eigenvalue weighted by Gasteiger charge is 2.25. The molecule has 3 heteroatoms. The lowest BCUT2D eigenvalue weighted by Crippen LogP contribution is -2.40. The zero-order valence-corrected chi connectivity index (χ0v) is 8.93. The zero-order chi connectivity index (χ0) is 9.73. The molecule has 78 valence electrons. The summed E-state index contributed by atoms with van der Waals surface area (Å²) in [5, 5.41) is 3.30. The van der Waals surface area contributed by atoms with E-state index in [4.69, 9.17) is 9.47 Å². The van der Waals surface area contributed by atoms with Crippen molar-refractivity contribution in [2.45, 2.75) is 38.9 Å². The van der Waals surface area contributed by atoms with Crippen molar-refractivity contribution in [3.63, 3.8) is 0 Å². The van der Waals surface area contributed by atoms with Gasteiger partial charge in [0.05, 0.1) is 18.3 Å². The average molecular weight is 187 g/mol. The van der Waals surface area contributed by atoms with Crippen LogP contribution in [-0.4, -0.2) is 38.0 Å². The Balaban J connectivity index is 2.23. The summed E-state index contributed by atoms with van der Waals surface area (Å²) >= 11 is 0. The molecule has 1 aliphatic rings. The van der Waals surface area contributed by atoms with Crippen molar-refractivity contribution in [2.24, 2.45) is 0 Å². The zero-order valence-electron chi connectivity index (χ0n) is 8.93. The van der Waals surface area contributed by atoms with Crippen LogP contribution in [0.5, 0.6) is 0 Å². The molecule has 0 aromatic rings. The lowest BCUT2D eigenvalue weighted by molar-refractivity contribution is -0.0701. The van der Waals surface area contributed by atoms with Gasteiger partial charge in [0, 0.05) is 13.2 Å².